The number of nitrogen functional groups attached to an aromatic ring is 1. The van der Waals surface area contributed by atoms with Crippen LogP contribution in [0.4, 0.5) is 11.5 Å². The van der Waals surface area contributed by atoms with Gasteiger partial charge in [0.05, 0.1) is 5.69 Å². The van der Waals surface area contributed by atoms with Crippen molar-refractivity contribution in [2.75, 3.05) is 36.8 Å². The summed E-state index contributed by atoms with van der Waals surface area (Å²) in [7, 11) is 0. The van der Waals surface area contributed by atoms with Crippen LogP contribution in [0, 0.1) is 0 Å². The third kappa shape index (κ3) is 3.12. The van der Waals surface area contributed by atoms with E-state index in [0.29, 0.717) is 11.5 Å². The first-order valence-corrected chi connectivity index (χ1v) is 8.06. The molecule has 5 nitrogen and oxygen atoms in total. The third-order valence-electron chi connectivity index (χ3n) is 4.46. The second kappa shape index (κ2) is 6.33. The zero-order chi connectivity index (χ0) is 14.7. The number of aromatic nitrogens is 1. The number of nitrogens with two attached hydrogens (primary N) is 1. The summed E-state index contributed by atoms with van der Waals surface area (Å²) in [4.78, 5) is 21.0. The molecule has 1 amide bonds. The fourth-order valence-electron chi connectivity index (χ4n) is 3.25. The number of nitrogens with zero attached hydrogens (tertiary/aromatic N) is 3. The number of hydrogen-bond donors (Lipinski definition) is 1. The Bertz CT molecular complexity index is 505. The van der Waals surface area contributed by atoms with Gasteiger partial charge in [-0.2, -0.15) is 0 Å². The lowest BCUT2D eigenvalue weighted by molar-refractivity contribution is 0.0718. The van der Waals surface area contributed by atoms with Gasteiger partial charge in [-0.05, 0) is 50.7 Å². The molecule has 2 N–H and O–H groups in total. The summed E-state index contributed by atoms with van der Waals surface area (Å²) in [6, 6.07) is 3.79. The highest BCUT2D eigenvalue weighted by Crippen LogP contribution is 2.25. The fraction of sp³-hybridized carbons (Fsp3) is 0.625. The molecule has 0 saturated carbocycles. The molecular formula is C16H24N4O. The van der Waals surface area contributed by atoms with Crippen LogP contribution in [0.5, 0.6) is 0 Å². The third-order valence-corrected chi connectivity index (χ3v) is 4.46. The number of amides is 1. The van der Waals surface area contributed by atoms with Crippen LogP contribution >= 0.6 is 0 Å². The highest BCUT2D eigenvalue weighted by molar-refractivity contribution is 5.93. The van der Waals surface area contributed by atoms with Crippen molar-refractivity contribution in [3.63, 3.8) is 0 Å². The van der Waals surface area contributed by atoms with Crippen molar-refractivity contribution in [2.45, 2.75) is 38.5 Å². The largest absolute Gasteiger partial charge is 0.382 e. The van der Waals surface area contributed by atoms with Crippen molar-refractivity contribution in [3.05, 3.63) is 17.8 Å². The molecule has 0 bridgehead atoms. The van der Waals surface area contributed by atoms with Gasteiger partial charge in [0, 0.05) is 26.2 Å². The van der Waals surface area contributed by atoms with E-state index in [9.17, 15) is 4.79 Å². The Hall–Kier alpha value is -1.78. The number of rotatable bonds is 2. The van der Waals surface area contributed by atoms with Gasteiger partial charge in [-0.25, -0.2) is 4.98 Å². The molecule has 2 aliphatic rings. The van der Waals surface area contributed by atoms with Gasteiger partial charge in [0.25, 0.3) is 5.91 Å². The standard InChI is InChI=1S/C16H24N4O/c17-15-14(19-9-3-1-4-10-19)8-7-13(18-15)16(21)20-11-5-2-6-12-20/h7-8H,1-6,9-12H2,(H2,17,18). The Morgan fingerprint density at radius 3 is 2.19 bits per heavy atom. The SMILES string of the molecule is Nc1nc(C(=O)N2CCCCC2)ccc1N1CCCCC1. The van der Waals surface area contributed by atoms with Gasteiger partial charge in [0.2, 0.25) is 0 Å². The summed E-state index contributed by atoms with van der Waals surface area (Å²) in [5.41, 5.74) is 7.55. The second-order valence-corrected chi connectivity index (χ2v) is 6.00. The van der Waals surface area contributed by atoms with Crippen LogP contribution in [0.1, 0.15) is 49.0 Å². The van der Waals surface area contributed by atoms with Crippen LogP contribution in [0.3, 0.4) is 0 Å². The number of piperidine rings is 2. The Kier molecular flexibility index (Phi) is 4.27. The molecule has 21 heavy (non-hydrogen) atoms. The molecule has 3 heterocycles. The van der Waals surface area contributed by atoms with Crippen LogP contribution in [-0.4, -0.2) is 42.0 Å². The monoisotopic (exact) mass is 288 g/mol. The predicted molar refractivity (Wildman–Crippen MR) is 84.5 cm³/mol. The minimum atomic E-state index is 0.0200. The summed E-state index contributed by atoms with van der Waals surface area (Å²) in [5.74, 6) is 0.506. The van der Waals surface area contributed by atoms with Crippen LogP contribution in [0.2, 0.25) is 0 Å². The van der Waals surface area contributed by atoms with Crippen molar-refractivity contribution >= 4 is 17.4 Å². The van der Waals surface area contributed by atoms with E-state index in [-0.39, 0.29) is 5.91 Å². The first kappa shape index (κ1) is 14.2. The van der Waals surface area contributed by atoms with Crippen molar-refractivity contribution in [2.24, 2.45) is 0 Å². The molecule has 114 valence electrons. The Morgan fingerprint density at radius 2 is 1.57 bits per heavy atom. The number of anilines is 2. The van der Waals surface area contributed by atoms with Gasteiger partial charge >= 0.3 is 0 Å². The number of likely N-dealkylation sites (tertiary alicyclic amines) is 1. The molecule has 1 aromatic heterocycles. The van der Waals surface area contributed by atoms with Crippen molar-refractivity contribution in [1.29, 1.82) is 0 Å². The average molecular weight is 288 g/mol. The summed E-state index contributed by atoms with van der Waals surface area (Å²) < 4.78 is 0. The van der Waals surface area contributed by atoms with Gasteiger partial charge in [0.15, 0.2) is 0 Å². The molecule has 0 unspecified atom stereocenters. The van der Waals surface area contributed by atoms with Crippen LogP contribution in [0.15, 0.2) is 12.1 Å². The normalized spacial score (nSPS) is 19.6. The van der Waals surface area contributed by atoms with E-state index in [1.54, 1.807) is 0 Å². The quantitative estimate of drug-likeness (QED) is 0.907. The number of pyridine rings is 1. The van der Waals surface area contributed by atoms with E-state index in [1.807, 2.05) is 17.0 Å². The van der Waals surface area contributed by atoms with Gasteiger partial charge in [0.1, 0.15) is 11.5 Å². The molecule has 0 radical (unpaired) electrons. The lowest BCUT2D eigenvalue weighted by Crippen LogP contribution is -2.36. The van der Waals surface area contributed by atoms with Gasteiger partial charge < -0.3 is 15.5 Å². The lowest BCUT2D eigenvalue weighted by Gasteiger charge is -2.30. The summed E-state index contributed by atoms with van der Waals surface area (Å²) in [6.45, 7) is 3.75. The second-order valence-electron chi connectivity index (χ2n) is 6.00. The molecule has 2 fully saturated rings. The molecule has 0 atom stereocenters. The lowest BCUT2D eigenvalue weighted by atomic mass is 10.1. The molecular weight excluding hydrogens is 264 g/mol. The highest BCUT2D eigenvalue weighted by atomic mass is 16.2. The Morgan fingerprint density at radius 1 is 0.952 bits per heavy atom. The molecule has 2 saturated heterocycles. The topological polar surface area (TPSA) is 62.5 Å². The number of hydrogen-bond acceptors (Lipinski definition) is 4. The van der Waals surface area contributed by atoms with E-state index >= 15 is 0 Å². The molecule has 2 aliphatic heterocycles. The van der Waals surface area contributed by atoms with E-state index in [1.165, 1.54) is 25.7 Å². The molecule has 1 aromatic rings. The van der Waals surface area contributed by atoms with E-state index in [0.717, 1.165) is 44.7 Å². The molecule has 0 aromatic carbocycles. The first-order chi connectivity index (χ1) is 10.3. The summed E-state index contributed by atoms with van der Waals surface area (Å²) >= 11 is 0. The maximum Gasteiger partial charge on any atom is 0.272 e. The molecule has 0 spiro atoms. The van der Waals surface area contributed by atoms with E-state index < -0.39 is 0 Å². The Labute approximate surface area is 126 Å². The Balaban J connectivity index is 1.75. The first-order valence-electron chi connectivity index (χ1n) is 8.06. The number of carbonyl (C=O) groups excluding carboxylic acids is 1. The van der Waals surface area contributed by atoms with Crippen molar-refractivity contribution in [3.8, 4) is 0 Å². The molecule has 3 rings (SSSR count). The zero-order valence-electron chi connectivity index (χ0n) is 12.6. The van der Waals surface area contributed by atoms with Gasteiger partial charge in [-0.15, -0.1) is 0 Å². The average Bonchev–Trinajstić information content (AvgIpc) is 2.55. The maximum atomic E-state index is 12.4. The summed E-state index contributed by atoms with van der Waals surface area (Å²) in [6.07, 6.45) is 7.09. The summed E-state index contributed by atoms with van der Waals surface area (Å²) in [5, 5.41) is 0. The van der Waals surface area contributed by atoms with Crippen LogP contribution < -0.4 is 10.6 Å². The molecule has 5 heteroatoms. The maximum absolute atomic E-state index is 12.4. The number of carbonyl (C=O) groups is 1. The van der Waals surface area contributed by atoms with Crippen molar-refractivity contribution < 1.29 is 4.79 Å². The smallest absolute Gasteiger partial charge is 0.272 e. The zero-order valence-corrected chi connectivity index (χ0v) is 12.6. The van der Waals surface area contributed by atoms with Gasteiger partial charge in [-0.3, -0.25) is 4.79 Å². The van der Waals surface area contributed by atoms with Gasteiger partial charge in [-0.1, -0.05) is 0 Å². The van der Waals surface area contributed by atoms with E-state index in [4.69, 9.17) is 5.73 Å². The fourth-order valence-corrected chi connectivity index (χ4v) is 3.25. The van der Waals surface area contributed by atoms with Crippen LogP contribution in [-0.2, 0) is 0 Å². The van der Waals surface area contributed by atoms with Crippen LogP contribution in [0.25, 0.3) is 0 Å². The molecule has 0 aliphatic carbocycles. The highest BCUT2D eigenvalue weighted by Gasteiger charge is 2.21. The van der Waals surface area contributed by atoms with E-state index in [2.05, 4.69) is 9.88 Å². The minimum absolute atomic E-state index is 0.0200. The predicted octanol–water partition coefficient (Wildman–Crippen LogP) is 2.28. The van der Waals surface area contributed by atoms with Crippen molar-refractivity contribution in [1.82, 2.24) is 9.88 Å². The minimum Gasteiger partial charge on any atom is -0.382 e.